The minimum absolute atomic E-state index is 0.367. The Morgan fingerprint density at radius 1 is 1.05 bits per heavy atom. The van der Waals surface area contributed by atoms with Crippen LogP contribution in [0.25, 0.3) is 11.1 Å². The summed E-state index contributed by atoms with van der Waals surface area (Å²) in [5.74, 6) is -1.54. The Balaban J connectivity index is 2.46. The zero-order valence-corrected chi connectivity index (χ0v) is 10.5. The maximum absolute atomic E-state index is 13.8. The molecule has 0 saturated heterocycles. The Morgan fingerprint density at radius 2 is 1.65 bits per heavy atom. The van der Waals surface area contributed by atoms with Crippen molar-refractivity contribution >= 4 is 5.97 Å². The Labute approximate surface area is 115 Å². The summed E-state index contributed by atoms with van der Waals surface area (Å²) in [6.45, 7) is 0. The lowest BCUT2D eigenvalue weighted by atomic mass is 9.95. The van der Waals surface area contributed by atoms with Crippen LogP contribution in [0.15, 0.2) is 60.7 Å². The summed E-state index contributed by atoms with van der Waals surface area (Å²) in [4.78, 5) is 10.5. The molecule has 2 N–H and O–H groups in total. The fraction of sp³-hybridized carbons (Fsp3) is 0.0625. The Hall–Kier alpha value is -2.46. The van der Waals surface area contributed by atoms with Crippen LogP contribution in [0.3, 0.4) is 0 Å². The van der Waals surface area contributed by atoms with Gasteiger partial charge in [-0.2, -0.15) is 0 Å². The number of carbonyl (C=O) groups is 1. The van der Waals surface area contributed by atoms with Crippen molar-refractivity contribution in [1.82, 2.24) is 0 Å². The summed E-state index contributed by atoms with van der Waals surface area (Å²) >= 11 is 0. The van der Waals surface area contributed by atoms with Gasteiger partial charge in [0.05, 0.1) is 6.10 Å². The van der Waals surface area contributed by atoms with Gasteiger partial charge in [-0.15, -0.1) is 0 Å². The lowest BCUT2D eigenvalue weighted by Crippen LogP contribution is -1.99. The van der Waals surface area contributed by atoms with Gasteiger partial charge in [0.15, 0.2) is 0 Å². The second-order valence-corrected chi connectivity index (χ2v) is 4.21. The molecule has 4 heteroatoms. The maximum Gasteiger partial charge on any atom is 0.328 e. The quantitative estimate of drug-likeness (QED) is 0.840. The van der Waals surface area contributed by atoms with Gasteiger partial charge in [-0.1, -0.05) is 42.5 Å². The largest absolute Gasteiger partial charge is 0.478 e. The molecule has 3 nitrogen and oxygen atoms in total. The highest BCUT2D eigenvalue weighted by Gasteiger charge is 2.13. The van der Waals surface area contributed by atoms with E-state index < -0.39 is 17.9 Å². The predicted molar refractivity (Wildman–Crippen MR) is 73.6 cm³/mol. The summed E-state index contributed by atoms with van der Waals surface area (Å²) in [6.07, 6.45) is 0.909. The minimum atomic E-state index is -1.15. The third-order valence-electron chi connectivity index (χ3n) is 2.86. The molecule has 0 aliphatic rings. The SMILES string of the molecule is O=C(O)/C=C/C(O)c1ccccc1-c1ccccc1F. The monoisotopic (exact) mass is 272 g/mol. The molecular weight excluding hydrogens is 259 g/mol. The standard InChI is InChI=1S/C16H13FO3/c17-14-8-4-3-6-12(14)11-5-1-2-7-13(11)15(18)9-10-16(19)20/h1-10,15,18H,(H,19,20)/b10-9+. The topological polar surface area (TPSA) is 57.5 Å². The molecule has 0 fully saturated rings. The van der Waals surface area contributed by atoms with Gasteiger partial charge in [0, 0.05) is 11.6 Å². The number of carboxylic acid groups (broad SMARTS) is 1. The van der Waals surface area contributed by atoms with Gasteiger partial charge in [-0.05, 0) is 23.3 Å². The fourth-order valence-corrected chi connectivity index (χ4v) is 1.96. The maximum atomic E-state index is 13.8. The first-order valence-electron chi connectivity index (χ1n) is 6.02. The number of aliphatic hydroxyl groups is 1. The van der Waals surface area contributed by atoms with Gasteiger partial charge >= 0.3 is 5.97 Å². The number of hydrogen-bond acceptors (Lipinski definition) is 2. The van der Waals surface area contributed by atoms with E-state index in [1.54, 1.807) is 42.5 Å². The summed E-state index contributed by atoms with van der Waals surface area (Å²) in [5.41, 5.74) is 1.36. The van der Waals surface area contributed by atoms with Crippen molar-refractivity contribution in [3.63, 3.8) is 0 Å². The third kappa shape index (κ3) is 3.10. The number of rotatable bonds is 4. The van der Waals surface area contributed by atoms with Gasteiger partial charge in [0.1, 0.15) is 5.82 Å². The molecule has 20 heavy (non-hydrogen) atoms. The zero-order valence-electron chi connectivity index (χ0n) is 10.5. The van der Waals surface area contributed by atoms with E-state index in [1.807, 2.05) is 0 Å². The minimum Gasteiger partial charge on any atom is -0.478 e. The Kier molecular flexibility index (Phi) is 4.27. The van der Waals surface area contributed by atoms with Crippen LogP contribution < -0.4 is 0 Å². The van der Waals surface area contributed by atoms with Crippen LogP contribution in [0.2, 0.25) is 0 Å². The molecule has 0 aromatic heterocycles. The van der Waals surface area contributed by atoms with Crippen molar-refractivity contribution in [3.8, 4) is 11.1 Å². The number of aliphatic hydroxyl groups excluding tert-OH is 1. The van der Waals surface area contributed by atoms with Gasteiger partial charge in [-0.25, -0.2) is 9.18 Å². The fourth-order valence-electron chi connectivity index (χ4n) is 1.96. The van der Waals surface area contributed by atoms with Crippen LogP contribution in [-0.2, 0) is 4.79 Å². The number of benzene rings is 2. The van der Waals surface area contributed by atoms with E-state index in [-0.39, 0.29) is 0 Å². The molecule has 2 aromatic rings. The average molecular weight is 272 g/mol. The molecule has 1 atom stereocenters. The molecule has 0 radical (unpaired) electrons. The van der Waals surface area contributed by atoms with Crippen LogP contribution in [0.1, 0.15) is 11.7 Å². The molecule has 2 rings (SSSR count). The zero-order chi connectivity index (χ0) is 14.5. The van der Waals surface area contributed by atoms with Crippen molar-refractivity contribution in [2.45, 2.75) is 6.10 Å². The normalized spacial score (nSPS) is 12.5. The number of aliphatic carboxylic acids is 1. The van der Waals surface area contributed by atoms with Gasteiger partial charge in [-0.3, -0.25) is 0 Å². The first kappa shape index (κ1) is 14.0. The molecular formula is C16H13FO3. The molecule has 0 bridgehead atoms. The summed E-state index contributed by atoms with van der Waals surface area (Å²) in [6, 6.07) is 13.0. The summed E-state index contributed by atoms with van der Waals surface area (Å²) < 4.78 is 13.8. The van der Waals surface area contributed by atoms with E-state index in [0.29, 0.717) is 16.7 Å². The van der Waals surface area contributed by atoms with Gasteiger partial charge < -0.3 is 10.2 Å². The highest BCUT2D eigenvalue weighted by Crippen LogP contribution is 2.30. The highest BCUT2D eigenvalue weighted by atomic mass is 19.1. The van der Waals surface area contributed by atoms with Crippen molar-refractivity contribution in [1.29, 1.82) is 0 Å². The number of halogens is 1. The van der Waals surface area contributed by atoms with Crippen LogP contribution in [-0.4, -0.2) is 16.2 Å². The van der Waals surface area contributed by atoms with Crippen molar-refractivity contribution in [2.75, 3.05) is 0 Å². The number of hydrogen-bond donors (Lipinski definition) is 2. The molecule has 1 unspecified atom stereocenters. The molecule has 0 amide bonds. The molecule has 0 spiro atoms. The lowest BCUT2D eigenvalue weighted by Gasteiger charge is -2.13. The van der Waals surface area contributed by atoms with Crippen molar-refractivity contribution < 1.29 is 19.4 Å². The Morgan fingerprint density at radius 3 is 2.30 bits per heavy atom. The van der Waals surface area contributed by atoms with E-state index in [4.69, 9.17) is 5.11 Å². The Bertz CT molecular complexity index is 650. The van der Waals surface area contributed by atoms with Crippen LogP contribution >= 0.6 is 0 Å². The van der Waals surface area contributed by atoms with Gasteiger partial charge in [0.2, 0.25) is 0 Å². The van der Waals surface area contributed by atoms with E-state index in [1.165, 1.54) is 6.07 Å². The summed E-state index contributed by atoms with van der Waals surface area (Å²) in [7, 11) is 0. The van der Waals surface area contributed by atoms with E-state index in [0.717, 1.165) is 12.2 Å². The summed E-state index contributed by atoms with van der Waals surface area (Å²) in [5, 5.41) is 18.6. The van der Waals surface area contributed by atoms with Crippen LogP contribution in [0.4, 0.5) is 4.39 Å². The van der Waals surface area contributed by atoms with E-state index in [9.17, 15) is 14.3 Å². The predicted octanol–water partition coefficient (Wildman–Crippen LogP) is 3.17. The molecule has 0 aliphatic heterocycles. The van der Waals surface area contributed by atoms with E-state index >= 15 is 0 Å². The third-order valence-corrected chi connectivity index (χ3v) is 2.86. The molecule has 0 saturated carbocycles. The molecule has 0 heterocycles. The molecule has 102 valence electrons. The smallest absolute Gasteiger partial charge is 0.328 e. The molecule has 2 aromatic carbocycles. The first-order valence-corrected chi connectivity index (χ1v) is 6.02. The van der Waals surface area contributed by atoms with Gasteiger partial charge in [0.25, 0.3) is 0 Å². The average Bonchev–Trinajstić information content (AvgIpc) is 2.45. The molecule has 0 aliphatic carbocycles. The first-order chi connectivity index (χ1) is 9.59. The number of carboxylic acids is 1. The van der Waals surface area contributed by atoms with Crippen LogP contribution in [0.5, 0.6) is 0 Å². The van der Waals surface area contributed by atoms with Crippen LogP contribution in [0, 0.1) is 5.82 Å². The highest BCUT2D eigenvalue weighted by molar-refractivity contribution is 5.80. The van der Waals surface area contributed by atoms with E-state index in [2.05, 4.69) is 0 Å². The lowest BCUT2D eigenvalue weighted by molar-refractivity contribution is -0.131. The second kappa shape index (κ2) is 6.12. The van der Waals surface area contributed by atoms with Crippen molar-refractivity contribution in [2.24, 2.45) is 0 Å². The van der Waals surface area contributed by atoms with Crippen molar-refractivity contribution in [3.05, 3.63) is 72.1 Å². The second-order valence-electron chi connectivity index (χ2n) is 4.21.